The molecule has 0 aromatic rings. The van der Waals surface area contributed by atoms with E-state index in [2.05, 4.69) is 32.6 Å². The van der Waals surface area contributed by atoms with Gasteiger partial charge in [0, 0.05) is 25.2 Å². The van der Waals surface area contributed by atoms with Gasteiger partial charge >= 0.3 is 0 Å². The van der Waals surface area contributed by atoms with E-state index in [1.54, 1.807) is 0 Å². The minimum absolute atomic E-state index is 0.593. The summed E-state index contributed by atoms with van der Waals surface area (Å²) in [5.74, 6) is 1.73. The summed E-state index contributed by atoms with van der Waals surface area (Å²) in [6.07, 6.45) is 5.38. The molecule has 1 aliphatic carbocycles. The van der Waals surface area contributed by atoms with Gasteiger partial charge in [0.1, 0.15) is 0 Å². The molecule has 1 fully saturated rings. The quantitative estimate of drug-likeness (QED) is 0.689. The van der Waals surface area contributed by atoms with Gasteiger partial charge in [0.2, 0.25) is 0 Å². The Morgan fingerprint density at radius 3 is 2.06 bits per heavy atom. The first-order valence-corrected chi connectivity index (χ1v) is 7.09. The zero-order valence-electron chi connectivity index (χ0n) is 11.6. The van der Waals surface area contributed by atoms with Crippen molar-refractivity contribution in [3.63, 3.8) is 0 Å². The lowest BCUT2D eigenvalue weighted by molar-refractivity contribution is 0.101. The molecule has 96 valence electrons. The van der Waals surface area contributed by atoms with Gasteiger partial charge in [-0.05, 0) is 38.5 Å². The second-order valence-corrected chi connectivity index (χ2v) is 5.61. The molecule has 0 aromatic carbocycles. The van der Waals surface area contributed by atoms with Gasteiger partial charge < -0.3 is 5.73 Å². The maximum absolute atomic E-state index is 6.02. The molecule has 1 rings (SSSR count). The Morgan fingerprint density at radius 2 is 1.75 bits per heavy atom. The fraction of sp³-hybridized carbons (Fsp3) is 1.00. The highest BCUT2D eigenvalue weighted by atomic mass is 15.2. The molecule has 1 aliphatic rings. The van der Waals surface area contributed by atoms with Gasteiger partial charge in [-0.3, -0.25) is 4.90 Å². The zero-order chi connectivity index (χ0) is 12.1. The van der Waals surface area contributed by atoms with E-state index in [-0.39, 0.29) is 0 Å². The van der Waals surface area contributed by atoms with E-state index in [1.807, 2.05) is 0 Å². The van der Waals surface area contributed by atoms with Crippen molar-refractivity contribution in [3.05, 3.63) is 0 Å². The number of hydrogen-bond acceptors (Lipinski definition) is 2. The maximum Gasteiger partial charge on any atom is 0.0249 e. The number of nitrogens with zero attached hydrogens (tertiary/aromatic N) is 1. The van der Waals surface area contributed by atoms with E-state index in [0.29, 0.717) is 12.1 Å². The molecule has 1 unspecified atom stereocenters. The third kappa shape index (κ3) is 3.74. The Hall–Kier alpha value is -0.0800. The Kier molecular flexibility index (Phi) is 5.77. The van der Waals surface area contributed by atoms with Crippen molar-refractivity contribution in [2.75, 3.05) is 13.1 Å². The molecular formula is C14H30N2. The summed E-state index contributed by atoms with van der Waals surface area (Å²) in [6, 6.07) is 1.23. The van der Waals surface area contributed by atoms with Crippen LogP contribution in [0.2, 0.25) is 0 Å². The maximum atomic E-state index is 6.02. The Balaban J connectivity index is 2.62. The molecule has 1 saturated carbocycles. The molecule has 0 bridgehead atoms. The summed E-state index contributed by atoms with van der Waals surface area (Å²) < 4.78 is 0. The minimum Gasteiger partial charge on any atom is -0.329 e. The predicted molar refractivity (Wildman–Crippen MR) is 71.5 cm³/mol. The predicted octanol–water partition coefficient (Wildman–Crippen LogP) is 2.87. The van der Waals surface area contributed by atoms with Crippen molar-refractivity contribution >= 4 is 0 Å². The van der Waals surface area contributed by atoms with Gasteiger partial charge in [-0.25, -0.2) is 0 Å². The average molecular weight is 226 g/mol. The summed E-state index contributed by atoms with van der Waals surface area (Å²) in [4.78, 5) is 2.66. The van der Waals surface area contributed by atoms with E-state index in [1.165, 1.54) is 32.2 Å². The van der Waals surface area contributed by atoms with Crippen LogP contribution in [-0.2, 0) is 0 Å². The van der Waals surface area contributed by atoms with Crippen LogP contribution in [0.3, 0.4) is 0 Å². The first kappa shape index (κ1) is 14.0. The number of nitrogens with two attached hydrogens (primary N) is 1. The van der Waals surface area contributed by atoms with Crippen molar-refractivity contribution in [3.8, 4) is 0 Å². The van der Waals surface area contributed by atoms with Crippen LogP contribution in [-0.4, -0.2) is 30.1 Å². The van der Waals surface area contributed by atoms with E-state index in [9.17, 15) is 0 Å². The van der Waals surface area contributed by atoms with Crippen LogP contribution in [0, 0.1) is 11.8 Å². The average Bonchev–Trinajstić information content (AvgIpc) is 3.06. The largest absolute Gasteiger partial charge is 0.329 e. The standard InChI is InChI=1S/C14H30N2/c1-5-13(6-2)14(9-15)16(11(3)4)10-12-7-8-12/h11-14H,5-10,15H2,1-4H3. The van der Waals surface area contributed by atoms with Crippen molar-refractivity contribution in [1.29, 1.82) is 0 Å². The Bertz CT molecular complexity index is 183. The monoisotopic (exact) mass is 226 g/mol. The normalized spacial score (nSPS) is 18.8. The first-order chi connectivity index (χ1) is 7.63. The van der Waals surface area contributed by atoms with Crippen molar-refractivity contribution in [1.82, 2.24) is 4.90 Å². The van der Waals surface area contributed by atoms with Gasteiger partial charge in [-0.15, -0.1) is 0 Å². The van der Waals surface area contributed by atoms with Crippen molar-refractivity contribution in [2.45, 2.75) is 65.5 Å². The fourth-order valence-electron chi connectivity index (χ4n) is 2.76. The molecule has 0 radical (unpaired) electrons. The van der Waals surface area contributed by atoms with Crippen LogP contribution in [0.15, 0.2) is 0 Å². The molecule has 2 N–H and O–H groups in total. The zero-order valence-corrected chi connectivity index (χ0v) is 11.6. The molecule has 16 heavy (non-hydrogen) atoms. The van der Waals surface area contributed by atoms with Crippen LogP contribution >= 0.6 is 0 Å². The molecule has 2 nitrogen and oxygen atoms in total. The molecule has 1 atom stereocenters. The number of rotatable bonds is 8. The topological polar surface area (TPSA) is 29.3 Å². The molecule has 0 heterocycles. The third-order valence-electron chi connectivity index (χ3n) is 4.09. The lowest BCUT2D eigenvalue weighted by Crippen LogP contribution is -2.49. The molecule has 0 amide bonds. The van der Waals surface area contributed by atoms with Gasteiger partial charge in [0.15, 0.2) is 0 Å². The summed E-state index contributed by atoms with van der Waals surface area (Å²) in [5, 5.41) is 0. The first-order valence-electron chi connectivity index (χ1n) is 7.09. The smallest absolute Gasteiger partial charge is 0.0249 e. The SMILES string of the molecule is CCC(CC)C(CN)N(CC1CC1)C(C)C. The summed E-state index contributed by atoms with van der Waals surface area (Å²) >= 11 is 0. The van der Waals surface area contributed by atoms with Crippen LogP contribution in [0.1, 0.15) is 53.4 Å². The van der Waals surface area contributed by atoms with E-state index >= 15 is 0 Å². The summed E-state index contributed by atoms with van der Waals surface area (Å²) in [6.45, 7) is 11.3. The molecule has 0 saturated heterocycles. The highest BCUT2D eigenvalue weighted by molar-refractivity contribution is 4.86. The van der Waals surface area contributed by atoms with E-state index < -0.39 is 0 Å². The van der Waals surface area contributed by atoms with Crippen molar-refractivity contribution in [2.24, 2.45) is 17.6 Å². The third-order valence-corrected chi connectivity index (χ3v) is 4.09. The van der Waals surface area contributed by atoms with Crippen LogP contribution in [0.5, 0.6) is 0 Å². The Morgan fingerprint density at radius 1 is 1.19 bits per heavy atom. The fourth-order valence-corrected chi connectivity index (χ4v) is 2.76. The van der Waals surface area contributed by atoms with Crippen LogP contribution < -0.4 is 5.73 Å². The molecular weight excluding hydrogens is 196 g/mol. The van der Waals surface area contributed by atoms with Gasteiger partial charge in [0.25, 0.3) is 0 Å². The molecule has 0 aliphatic heterocycles. The molecule has 0 aromatic heterocycles. The van der Waals surface area contributed by atoms with Gasteiger partial charge in [-0.1, -0.05) is 26.7 Å². The number of hydrogen-bond donors (Lipinski definition) is 1. The summed E-state index contributed by atoms with van der Waals surface area (Å²) in [5.41, 5.74) is 6.02. The molecule has 2 heteroatoms. The summed E-state index contributed by atoms with van der Waals surface area (Å²) in [7, 11) is 0. The second kappa shape index (κ2) is 6.61. The minimum atomic E-state index is 0.593. The van der Waals surface area contributed by atoms with Crippen molar-refractivity contribution < 1.29 is 0 Å². The van der Waals surface area contributed by atoms with Gasteiger partial charge in [-0.2, -0.15) is 0 Å². The molecule has 0 spiro atoms. The highest BCUT2D eigenvalue weighted by Gasteiger charge is 2.31. The van der Waals surface area contributed by atoms with E-state index in [4.69, 9.17) is 5.73 Å². The van der Waals surface area contributed by atoms with E-state index in [0.717, 1.165) is 18.4 Å². The highest BCUT2D eigenvalue weighted by Crippen LogP contribution is 2.32. The lowest BCUT2D eigenvalue weighted by Gasteiger charge is -2.39. The lowest BCUT2D eigenvalue weighted by atomic mass is 9.91. The Labute approximate surface area is 102 Å². The van der Waals surface area contributed by atoms with Crippen LogP contribution in [0.4, 0.5) is 0 Å². The second-order valence-electron chi connectivity index (χ2n) is 5.61. The van der Waals surface area contributed by atoms with Crippen LogP contribution in [0.25, 0.3) is 0 Å². The van der Waals surface area contributed by atoms with Gasteiger partial charge in [0.05, 0.1) is 0 Å².